The quantitative estimate of drug-likeness (QED) is 0.737. The SMILES string of the molecule is COc1ccc(CCN2CCC[C@H](CN(C)C(=O)c3cncnc3C)C2)cc1. The lowest BCUT2D eigenvalue weighted by atomic mass is 9.96. The van der Waals surface area contributed by atoms with E-state index in [-0.39, 0.29) is 5.91 Å². The summed E-state index contributed by atoms with van der Waals surface area (Å²) in [6.07, 6.45) is 6.48. The lowest BCUT2D eigenvalue weighted by Gasteiger charge is -2.34. The normalized spacial score (nSPS) is 17.3. The molecule has 1 aromatic heterocycles. The van der Waals surface area contributed by atoms with Gasteiger partial charge in [0.2, 0.25) is 0 Å². The minimum Gasteiger partial charge on any atom is -0.497 e. The van der Waals surface area contributed by atoms with Crippen LogP contribution < -0.4 is 4.74 Å². The molecule has 0 N–H and O–H groups in total. The van der Waals surface area contributed by atoms with Crippen molar-refractivity contribution in [1.29, 1.82) is 0 Å². The van der Waals surface area contributed by atoms with Crippen LogP contribution in [0.2, 0.25) is 0 Å². The molecule has 2 aromatic rings. The predicted molar refractivity (Wildman–Crippen MR) is 110 cm³/mol. The Kier molecular flexibility index (Phi) is 6.98. The van der Waals surface area contributed by atoms with Gasteiger partial charge in [-0.3, -0.25) is 4.79 Å². The molecule has 6 heteroatoms. The molecule has 1 aliphatic rings. The summed E-state index contributed by atoms with van der Waals surface area (Å²) in [5.41, 5.74) is 2.66. The molecule has 1 fully saturated rings. The maximum Gasteiger partial charge on any atom is 0.257 e. The molecule has 1 saturated heterocycles. The number of methoxy groups -OCH3 is 1. The van der Waals surface area contributed by atoms with E-state index >= 15 is 0 Å². The van der Waals surface area contributed by atoms with Crippen LogP contribution in [0.4, 0.5) is 0 Å². The summed E-state index contributed by atoms with van der Waals surface area (Å²) in [6.45, 7) is 5.84. The van der Waals surface area contributed by atoms with Crippen LogP contribution in [0, 0.1) is 12.8 Å². The first kappa shape index (κ1) is 20.3. The van der Waals surface area contributed by atoms with Gasteiger partial charge in [0.05, 0.1) is 18.4 Å². The minimum atomic E-state index is 0.00783. The van der Waals surface area contributed by atoms with Gasteiger partial charge in [-0.25, -0.2) is 9.97 Å². The number of carbonyl (C=O) groups excluding carboxylic acids is 1. The molecule has 1 aliphatic heterocycles. The monoisotopic (exact) mass is 382 g/mol. The molecule has 0 unspecified atom stereocenters. The predicted octanol–water partition coefficient (Wildman–Crippen LogP) is 2.82. The van der Waals surface area contributed by atoms with Crippen molar-refractivity contribution < 1.29 is 9.53 Å². The van der Waals surface area contributed by atoms with Crippen LogP contribution in [0.5, 0.6) is 5.75 Å². The zero-order valence-corrected chi connectivity index (χ0v) is 17.1. The molecular formula is C22H30N4O2. The van der Waals surface area contributed by atoms with E-state index in [1.54, 1.807) is 13.3 Å². The van der Waals surface area contributed by atoms with Crippen molar-refractivity contribution in [3.8, 4) is 5.75 Å². The molecule has 0 aliphatic carbocycles. The van der Waals surface area contributed by atoms with Crippen molar-refractivity contribution >= 4 is 5.91 Å². The van der Waals surface area contributed by atoms with E-state index in [0.717, 1.165) is 44.0 Å². The van der Waals surface area contributed by atoms with Crippen molar-refractivity contribution in [3.63, 3.8) is 0 Å². The summed E-state index contributed by atoms with van der Waals surface area (Å²) < 4.78 is 5.22. The van der Waals surface area contributed by atoms with Crippen LogP contribution in [-0.2, 0) is 6.42 Å². The Morgan fingerprint density at radius 2 is 2.11 bits per heavy atom. The van der Waals surface area contributed by atoms with Crippen LogP contribution in [0.15, 0.2) is 36.8 Å². The van der Waals surface area contributed by atoms with Gasteiger partial charge in [0.1, 0.15) is 12.1 Å². The number of amides is 1. The summed E-state index contributed by atoms with van der Waals surface area (Å²) in [5, 5.41) is 0. The topological polar surface area (TPSA) is 58.6 Å². The first-order valence-corrected chi connectivity index (χ1v) is 9.94. The van der Waals surface area contributed by atoms with Gasteiger partial charge in [-0.15, -0.1) is 0 Å². The molecule has 0 bridgehead atoms. The standard InChI is InChI=1S/C22H30N4O2/c1-17-21(13-23-16-24-17)22(27)25(2)14-19-5-4-11-26(15-19)12-10-18-6-8-20(28-3)9-7-18/h6-9,13,16,19H,4-5,10-12,14-15H2,1-3H3/t19-/m1/s1. The fourth-order valence-electron chi connectivity index (χ4n) is 3.86. The maximum atomic E-state index is 12.7. The Labute approximate surface area is 167 Å². The van der Waals surface area contributed by atoms with E-state index in [0.29, 0.717) is 11.5 Å². The number of hydrogen-bond acceptors (Lipinski definition) is 5. The van der Waals surface area contributed by atoms with Crippen LogP contribution in [0.25, 0.3) is 0 Å². The van der Waals surface area contributed by atoms with E-state index in [1.807, 2.05) is 31.0 Å². The number of aromatic nitrogens is 2. The summed E-state index contributed by atoms with van der Waals surface area (Å²) in [4.78, 5) is 25.2. The van der Waals surface area contributed by atoms with Gasteiger partial charge in [-0.2, -0.15) is 0 Å². The average Bonchev–Trinajstić information content (AvgIpc) is 2.73. The average molecular weight is 383 g/mol. The Morgan fingerprint density at radius 1 is 1.32 bits per heavy atom. The first-order valence-electron chi connectivity index (χ1n) is 9.94. The molecule has 1 atom stereocenters. The molecule has 2 heterocycles. The highest BCUT2D eigenvalue weighted by Crippen LogP contribution is 2.19. The number of nitrogens with zero attached hydrogens (tertiary/aromatic N) is 4. The van der Waals surface area contributed by atoms with E-state index in [1.165, 1.54) is 24.7 Å². The highest BCUT2D eigenvalue weighted by atomic mass is 16.5. The molecular weight excluding hydrogens is 352 g/mol. The Balaban J connectivity index is 1.50. The van der Waals surface area contributed by atoms with Crippen molar-refractivity contribution in [2.24, 2.45) is 5.92 Å². The minimum absolute atomic E-state index is 0.00783. The number of likely N-dealkylation sites (tertiary alicyclic amines) is 1. The second kappa shape index (κ2) is 9.64. The van der Waals surface area contributed by atoms with Crippen molar-refractivity contribution in [3.05, 3.63) is 53.6 Å². The number of rotatable bonds is 7. The van der Waals surface area contributed by atoms with Gasteiger partial charge in [-0.1, -0.05) is 12.1 Å². The Bertz CT molecular complexity index is 778. The number of benzene rings is 1. The number of ether oxygens (including phenoxy) is 1. The fraction of sp³-hybridized carbons (Fsp3) is 0.500. The molecule has 1 aromatic carbocycles. The van der Waals surface area contributed by atoms with E-state index in [9.17, 15) is 4.79 Å². The molecule has 0 spiro atoms. The summed E-state index contributed by atoms with van der Waals surface area (Å²) in [6, 6.07) is 8.31. The van der Waals surface area contributed by atoms with Crippen LogP contribution in [-0.4, -0.2) is 66.0 Å². The second-order valence-electron chi connectivity index (χ2n) is 7.61. The molecule has 3 rings (SSSR count). The summed E-state index contributed by atoms with van der Waals surface area (Å²) in [5.74, 6) is 1.41. The zero-order valence-electron chi connectivity index (χ0n) is 17.1. The van der Waals surface area contributed by atoms with E-state index in [2.05, 4.69) is 27.0 Å². The third-order valence-electron chi connectivity index (χ3n) is 5.50. The first-order chi connectivity index (χ1) is 13.6. The number of aryl methyl sites for hydroxylation is 1. The van der Waals surface area contributed by atoms with Crippen LogP contribution in [0.3, 0.4) is 0 Å². The van der Waals surface area contributed by atoms with Gasteiger partial charge in [0.25, 0.3) is 5.91 Å². The lowest BCUT2D eigenvalue weighted by Crippen LogP contribution is -2.42. The van der Waals surface area contributed by atoms with Gasteiger partial charge >= 0.3 is 0 Å². The zero-order chi connectivity index (χ0) is 19.9. The van der Waals surface area contributed by atoms with Gasteiger partial charge < -0.3 is 14.5 Å². The number of piperidine rings is 1. The van der Waals surface area contributed by atoms with Crippen molar-refractivity contribution in [2.45, 2.75) is 26.2 Å². The maximum absolute atomic E-state index is 12.7. The number of carbonyl (C=O) groups is 1. The highest BCUT2D eigenvalue weighted by molar-refractivity contribution is 5.94. The summed E-state index contributed by atoms with van der Waals surface area (Å²) in [7, 11) is 3.57. The molecule has 6 nitrogen and oxygen atoms in total. The van der Waals surface area contributed by atoms with Gasteiger partial charge in [0.15, 0.2) is 0 Å². The smallest absolute Gasteiger partial charge is 0.257 e. The number of hydrogen-bond donors (Lipinski definition) is 0. The molecule has 0 radical (unpaired) electrons. The van der Waals surface area contributed by atoms with Crippen LogP contribution >= 0.6 is 0 Å². The van der Waals surface area contributed by atoms with E-state index < -0.39 is 0 Å². The lowest BCUT2D eigenvalue weighted by molar-refractivity contribution is 0.0728. The second-order valence-corrected chi connectivity index (χ2v) is 7.61. The summed E-state index contributed by atoms with van der Waals surface area (Å²) >= 11 is 0. The largest absolute Gasteiger partial charge is 0.497 e. The molecule has 150 valence electrons. The molecule has 1 amide bonds. The fourth-order valence-corrected chi connectivity index (χ4v) is 3.86. The Morgan fingerprint density at radius 3 is 2.82 bits per heavy atom. The van der Waals surface area contributed by atoms with Crippen LogP contribution in [0.1, 0.15) is 34.5 Å². The highest BCUT2D eigenvalue weighted by Gasteiger charge is 2.24. The van der Waals surface area contributed by atoms with Crippen molar-refractivity contribution in [1.82, 2.24) is 19.8 Å². The van der Waals surface area contributed by atoms with Gasteiger partial charge in [-0.05, 0) is 56.3 Å². The molecule has 0 saturated carbocycles. The van der Waals surface area contributed by atoms with Gasteiger partial charge in [0, 0.05) is 32.9 Å². The third-order valence-corrected chi connectivity index (χ3v) is 5.50. The molecule has 28 heavy (non-hydrogen) atoms. The van der Waals surface area contributed by atoms with Crippen molar-refractivity contribution in [2.75, 3.05) is 40.3 Å². The Hall–Kier alpha value is -2.47. The third kappa shape index (κ3) is 5.29. The van der Waals surface area contributed by atoms with E-state index in [4.69, 9.17) is 4.74 Å².